The van der Waals surface area contributed by atoms with Crippen molar-refractivity contribution in [3.63, 3.8) is 0 Å². The van der Waals surface area contributed by atoms with E-state index in [-0.39, 0.29) is 24.0 Å². The molecule has 38 heavy (non-hydrogen) atoms. The number of nitrogens with two attached hydrogens (primary N) is 2. The molecule has 9 nitrogen and oxygen atoms in total. The van der Waals surface area contributed by atoms with Gasteiger partial charge in [-0.15, -0.1) is 0 Å². The molecule has 0 bridgehead atoms. The standard InChI is InChI=1S/C17H18FNO2.C11H15N3O3/c1-21-16-11-14(7-9-15(16)18)12-19-17(20)10-8-13-5-3-2-4-6-13;1-16-8-3-4-9(17-2)7(5-8)6-10(15)14-11(12)13/h2-7,9,11H,8,10,12H2,1H3,(H,19,20);3-5H,6H2,1-2H3,(H4,12,13,14,15). The lowest BCUT2D eigenvalue weighted by Gasteiger charge is -2.08. The van der Waals surface area contributed by atoms with Gasteiger partial charge in [0.1, 0.15) is 11.5 Å². The maximum Gasteiger partial charge on any atom is 0.253 e. The number of hydrogen-bond acceptors (Lipinski definition) is 5. The van der Waals surface area contributed by atoms with Crippen molar-refractivity contribution in [2.24, 2.45) is 16.5 Å². The summed E-state index contributed by atoms with van der Waals surface area (Å²) in [5, 5.41) is 2.82. The largest absolute Gasteiger partial charge is 0.497 e. The van der Waals surface area contributed by atoms with Crippen molar-refractivity contribution >= 4 is 17.8 Å². The summed E-state index contributed by atoms with van der Waals surface area (Å²) in [6.07, 6.45) is 1.19. The number of carbonyl (C=O) groups is 2. The highest BCUT2D eigenvalue weighted by atomic mass is 19.1. The van der Waals surface area contributed by atoms with E-state index in [1.165, 1.54) is 20.3 Å². The quantitative estimate of drug-likeness (QED) is 0.274. The van der Waals surface area contributed by atoms with E-state index >= 15 is 0 Å². The Hall–Kier alpha value is -4.60. The molecule has 2 amide bonds. The normalized spacial score (nSPS) is 9.89. The van der Waals surface area contributed by atoms with Crippen LogP contribution >= 0.6 is 0 Å². The Kier molecular flexibility index (Phi) is 12.1. The van der Waals surface area contributed by atoms with Crippen LogP contribution in [-0.4, -0.2) is 39.1 Å². The molecule has 5 N–H and O–H groups in total. The number of rotatable bonds is 10. The molecule has 0 aliphatic carbocycles. The highest BCUT2D eigenvalue weighted by molar-refractivity contribution is 5.92. The molecule has 0 radical (unpaired) electrons. The van der Waals surface area contributed by atoms with Crippen LogP contribution in [0, 0.1) is 5.82 Å². The minimum atomic E-state index is -0.434. The smallest absolute Gasteiger partial charge is 0.253 e. The van der Waals surface area contributed by atoms with Crippen LogP contribution in [0.25, 0.3) is 0 Å². The second-order valence-corrected chi connectivity index (χ2v) is 8.02. The first-order valence-electron chi connectivity index (χ1n) is 11.7. The number of nitrogens with zero attached hydrogens (tertiary/aromatic N) is 1. The summed E-state index contributed by atoms with van der Waals surface area (Å²) in [5.74, 6) is 0.293. The van der Waals surface area contributed by atoms with E-state index in [1.54, 1.807) is 37.4 Å². The zero-order chi connectivity index (χ0) is 27.9. The van der Waals surface area contributed by atoms with Crippen LogP contribution in [0.1, 0.15) is 23.1 Å². The highest BCUT2D eigenvalue weighted by Gasteiger charge is 2.10. The number of halogens is 1. The Morgan fingerprint density at radius 3 is 2.21 bits per heavy atom. The molecule has 10 heteroatoms. The number of aryl methyl sites for hydroxylation is 1. The van der Waals surface area contributed by atoms with E-state index in [2.05, 4.69) is 10.3 Å². The second-order valence-electron chi connectivity index (χ2n) is 8.02. The number of amides is 2. The number of aliphatic imine (C=N–C) groups is 1. The molecule has 202 valence electrons. The zero-order valence-electron chi connectivity index (χ0n) is 21.7. The highest BCUT2D eigenvalue weighted by Crippen LogP contribution is 2.24. The molecule has 0 saturated carbocycles. The van der Waals surface area contributed by atoms with Gasteiger partial charge in [0.2, 0.25) is 5.91 Å². The predicted molar refractivity (Wildman–Crippen MR) is 144 cm³/mol. The molecule has 3 aromatic carbocycles. The molecule has 0 aliphatic rings. The summed E-state index contributed by atoms with van der Waals surface area (Å²) in [7, 11) is 4.49. The Balaban J connectivity index is 0.000000273. The van der Waals surface area contributed by atoms with E-state index in [0.717, 1.165) is 11.1 Å². The summed E-state index contributed by atoms with van der Waals surface area (Å²) in [6, 6.07) is 19.6. The lowest BCUT2D eigenvalue weighted by molar-refractivity contribution is -0.121. The number of hydrogen-bond donors (Lipinski definition) is 3. The van der Waals surface area contributed by atoms with E-state index in [4.69, 9.17) is 25.7 Å². The van der Waals surface area contributed by atoms with Gasteiger partial charge in [0.25, 0.3) is 5.91 Å². The van der Waals surface area contributed by atoms with Crippen LogP contribution in [0.15, 0.2) is 71.7 Å². The number of nitrogens with one attached hydrogen (secondary N) is 1. The first-order chi connectivity index (χ1) is 18.2. The van der Waals surface area contributed by atoms with Crippen LogP contribution in [0.5, 0.6) is 17.2 Å². The van der Waals surface area contributed by atoms with E-state index in [1.807, 2.05) is 30.3 Å². The molecular formula is C28H33FN4O5. The fourth-order valence-electron chi connectivity index (χ4n) is 3.37. The molecule has 3 aromatic rings. The van der Waals surface area contributed by atoms with Crippen molar-refractivity contribution in [3.8, 4) is 17.2 Å². The third-order valence-electron chi connectivity index (χ3n) is 5.27. The number of methoxy groups -OCH3 is 3. The molecule has 0 saturated heterocycles. The van der Waals surface area contributed by atoms with Crippen molar-refractivity contribution in [3.05, 3.63) is 89.2 Å². The first kappa shape index (κ1) is 29.6. The molecule has 0 aromatic heterocycles. The van der Waals surface area contributed by atoms with Crippen LogP contribution in [0.2, 0.25) is 0 Å². The molecule has 3 rings (SSSR count). The Morgan fingerprint density at radius 1 is 0.868 bits per heavy atom. The summed E-state index contributed by atoms with van der Waals surface area (Å²) in [6.45, 7) is 0.365. The third kappa shape index (κ3) is 10.2. The Bertz CT molecular complexity index is 1230. The van der Waals surface area contributed by atoms with Gasteiger partial charge >= 0.3 is 0 Å². The minimum Gasteiger partial charge on any atom is -0.497 e. The topological polar surface area (TPSA) is 138 Å². The summed E-state index contributed by atoms with van der Waals surface area (Å²) >= 11 is 0. The van der Waals surface area contributed by atoms with Gasteiger partial charge in [-0.05, 0) is 47.9 Å². The minimum absolute atomic E-state index is 0.0258. The summed E-state index contributed by atoms with van der Waals surface area (Å²) in [5.41, 5.74) is 12.9. The SMILES string of the molecule is COc1cc(CNC(=O)CCc2ccccc2)ccc1F.COc1ccc(OC)c(CC(=O)N=C(N)N)c1. The maximum atomic E-state index is 13.3. The lowest BCUT2D eigenvalue weighted by atomic mass is 10.1. The Labute approximate surface area is 221 Å². The van der Waals surface area contributed by atoms with Crippen molar-refractivity contribution in [1.82, 2.24) is 5.32 Å². The molecule has 0 aliphatic heterocycles. The fourth-order valence-corrected chi connectivity index (χ4v) is 3.37. The monoisotopic (exact) mass is 524 g/mol. The summed E-state index contributed by atoms with van der Waals surface area (Å²) < 4.78 is 28.4. The molecule has 0 fully saturated rings. The van der Waals surface area contributed by atoms with Crippen LogP contribution < -0.4 is 31.0 Å². The number of guanidine groups is 1. The fraction of sp³-hybridized carbons (Fsp3) is 0.250. The number of ether oxygens (including phenoxy) is 3. The van der Waals surface area contributed by atoms with Crippen molar-refractivity contribution < 1.29 is 28.2 Å². The van der Waals surface area contributed by atoms with Gasteiger partial charge in [0, 0.05) is 18.5 Å². The first-order valence-corrected chi connectivity index (χ1v) is 11.7. The van der Waals surface area contributed by atoms with Crippen molar-refractivity contribution in [1.29, 1.82) is 0 Å². The van der Waals surface area contributed by atoms with Crippen molar-refractivity contribution in [2.75, 3.05) is 21.3 Å². The summed E-state index contributed by atoms with van der Waals surface area (Å²) in [4.78, 5) is 26.7. The van der Waals surface area contributed by atoms with Crippen LogP contribution in [-0.2, 0) is 29.0 Å². The zero-order valence-corrected chi connectivity index (χ0v) is 21.7. The van der Waals surface area contributed by atoms with E-state index in [0.29, 0.717) is 36.4 Å². The maximum absolute atomic E-state index is 13.3. The number of carbonyl (C=O) groups excluding carboxylic acids is 2. The van der Waals surface area contributed by atoms with Gasteiger partial charge in [-0.2, -0.15) is 4.99 Å². The third-order valence-corrected chi connectivity index (χ3v) is 5.27. The van der Waals surface area contributed by atoms with Crippen LogP contribution in [0.4, 0.5) is 4.39 Å². The Morgan fingerprint density at radius 2 is 1.58 bits per heavy atom. The molecule has 0 unspecified atom stereocenters. The average molecular weight is 525 g/mol. The lowest BCUT2D eigenvalue weighted by Crippen LogP contribution is -2.24. The number of benzene rings is 3. The second kappa shape index (κ2) is 15.5. The van der Waals surface area contributed by atoms with Gasteiger partial charge in [-0.3, -0.25) is 9.59 Å². The molecule has 0 heterocycles. The predicted octanol–water partition coefficient (Wildman–Crippen LogP) is 3.13. The van der Waals surface area contributed by atoms with Gasteiger partial charge < -0.3 is 31.0 Å². The molecule has 0 atom stereocenters. The van der Waals surface area contributed by atoms with Crippen molar-refractivity contribution in [2.45, 2.75) is 25.8 Å². The average Bonchev–Trinajstić information content (AvgIpc) is 2.91. The van der Waals surface area contributed by atoms with E-state index < -0.39 is 11.7 Å². The van der Waals surface area contributed by atoms with Gasteiger partial charge in [-0.25, -0.2) is 4.39 Å². The van der Waals surface area contributed by atoms with Gasteiger partial charge in [0.05, 0.1) is 27.8 Å². The molecule has 0 spiro atoms. The van der Waals surface area contributed by atoms with E-state index in [9.17, 15) is 14.0 Å². The molecular weight excluding hydrogens is 491 g/mol. The van der Waals surface area contributed by atoms with Crippen LogP contribution in [0.3, 0.4) is 0 Å². The van der Waals surface area contributed by atoms with Gasteiger partial charge in [0.15, 0.2) is 17.5 Å². The van der Waals surface area contributed by atoms with Gasteiger partial charge in [-0.1, -0.05) is 36.4 Å².